The molecule has 0 heterocycles. The monoisotopic (exact) mass is 429 g/mol. The summed E-state index contributed by atoms with van der Waals surface area (Å²) in [6, 6.07) is 7.85. The summed E-state index contributed by atoms with van der Waals surface area (Å²) in [5.41, 5.74) is 0.868. The molecular weight excluding hydrogens is 382 g/mol. The third-order valence-corrected chi connectivity index (χ3v) is 6.67. The van der Waals surface area contributed by atoms with Gasteiger partial charge in [0.05, 0.1) is 6.61 Å². The Hall–Kier alpha value is -1.51. The van der Waals surface area contributed by atoms with E-state index in [4.69, 9.17) is 4.74 Å². The van der Waals surface area contributed by atoms with E-state index >= 15 is 0 Å². The first kappa shape index (κ1) is 25.7. The second-order valence-electron chi connectivity index (χ2n) is 9.50. The van der Waals surface area contributed by atoms with Crippen molar-refractivity contribution in [2.75, 3.05) is 11.9 Å². The van der Waals surface area contributed by atoms with Crippen molar-refractivity contribution >= 4 is 11.6 Å². The second kappa shape index (κ2) is 17.1. The SMILES string of the molecule is CCCCCCCCCCCCCC(=O)Nc1ccc(OCCC2CCCCC2)cc1. The number of amides is 1. The van der Waals surface area contributed by atoms with E-state index in [1.54, 1.807) is 0 Å². The number of carbonyl (C=O) groups excluding carboxylic acids is 1. The van der Waals surface area contributed by atoms with Crippen LogP contribution in [-0.4, -0.2) is 12.5 Å². The summed E-state index contributed by atoms with van der Waals surface area (Å²) >= 11 is 0. The van der Waals surface area contributed by atoms with Gasteiger partial charge in [-0.2, -0.15) is 0 Å². The summed E-state index contributed by atoms with van der Waals surface area (Å²) in [5, 5.41) is 3.02. The molecule has 0 bridgehead atoms. The number of benzene rings is 1. The van der Waals surface area contributed by atoms with Crippen molar-refractivity contribution < 1.29 is 9.53 Å². The Morgan fingerprint density at radius 3 is 2.03 bits per heavy atom. The van der Waals surface area contributed by atoms with E-state index in [1.165, 1.54) is 89.9 Å². The Morgan fingerprint density at radius 2 is 1.42 bits per heavy atom. The Kier molecular flexibility index (Phi) is 14.2. The number of rotatable bonds is 17. The molecule has 0 aliphatic heterocycles. The zero-order chi connectivity index (χ0) is 22.0. The number of unbranched alkanes of at least 4 members (excludes halogenated alkanes) is 10. The molecule has 31 heavy (non-hydrogen) atoms. The lowest BCUT2D eigenvalue weighted by Gasteiger charge is -2.21. The summed E-state index contributed by atoms with van der Waals surface area (Å²) in [6.07, 6.45) is 23.1. The lowest BCUT2D eigenvalue weighted by molar-refractivity contribution is -0.116. The minimum absolute atomic E-state index is 0.127. The van der Waals surface area contributed by atoms with Gasteiger partial charge in [-0.1, -0.05) is 103 Å². The summed E-state index contributed by atoms with van der Waals surface area (Å²) in [5.74, 6) is 1.88. The van der Waals surface area contributed by atoms with Gasteiger partial charge in [0.25, 0.3) is 0 Å². The standard InChI is InChI=1S/C28H47NO2/c1-2-3-4-5-6-7-8-9-10-11-15-18-28(30)29-26-19-21-27(22-20-26)31-24-23-25-16-13-12-14-17-25/h19-22,25H,2-18,23-24H2,1H3,(H,29,30). The smallest absolute Gasteiger partial charge is 0.224 e. The molecule has 0 unspecified atom stereocenters. The van der Waals surface area contributed by atoms with Gasteiger partial charge in [-0.25, -0.2) is 0 Å². The molecule has 1 aliphatic rings. The van der Waals surface area contributed by atoms with Crippen molar-refractivity contribution in [3.63, 3.8) is 0 Å². The van der Waals surface area contributed by atoms with Crippen LogP contribution in [0.2, 0.25) is 0 Å². The summed E-state index contributed by atoms with van der Waals surface area (Å²) in [7, 11) is 0. The van der Waals surface area contributed by atoms with E-state index in [2.05, 4.69) is 12.2 Å². The Morgan fingerprint density at radius 1 is 0.839 bits per heavy atom. The fourth-order valence-corrected chi connectivity index (χ4v) is 4.63. The zero-order valence-corrected chi connectivity index (χ0v) is 20.1. The fourth-order valence-electron chi connectivity index (χ4n) is 4.63. The molecule has 0 saturated heterocycles. The normalized spacial score (nSPS) is 14.5. The lowest BCUT2D eigenvalue weighted by atomic mass is 9.87. The highest BCUT2D eigenvalue weighted by Crippen LogP contribution is 2.26. The molecule has 1 amide bonds. The fraction of sp³-hybridized carbons (Fsp3) is 0.750. The topological polar surface area (TPSA) is 38.3 Å². The van der Waals surface area contributed by atoms with E-state index in [0.717, 1.165) is 43.2 Å². The quantitative estimate of drug-likeness (QED) is 0.251. The van der Waals surface area contributed by atoms with Crippen LogP contribution in [0.4, 0.5) is 5.69 Å². The van der Waals surface area contributed by atoms with Gasteiger partial charge in [-0.15, -0.1) is 0 Å². The van der Waals surface area contributed by atoms with Crippen molar-refractivity contribution in [3.8, 4) is 5.75 Å². The first-order valence-corrected chi connectivity index (χ1v) is 13.3. The predicted molar refractivity (Wildman–Crippen MR) is 133 cm³/mol. The van der Waals surface area contributed by atoms with Crippen LogP contribution >= 0.6 is 0 Å². The highest BCUT2D eigenvalue weighted by Gasteiger charge is 2.13. The summed E-state index contributed by atoms with van der Waals surface area (Å²) in [4.78, 5) is 12.2. The maximum absolute atomic E-state index is 12.2. The molecule has 1 fully saturated rings. The molecular formula is C28H47NO2. The molecule has 0 radical (unpaired) electrons. The molecule has 3 nitrogen and oxygen atoms in total. The summed E-state index contributed by atoms with van der Waals surface area (Å²) in [6.45, 7) is 3.07. The molecule has 0 aromatic heterocycles. The van der Waals surface area contributed by atoms with Gasteiger partial charge < -0.3 is 10.1 Å². The number of ether oxygens (including phenoxy) is 1. The van der Waals surface area contributed by atoms with Crippen molar-refractivity contribution in [3.05, 3.63) is 24.3 Å². The van der Waals surface area contributed by atoms with Crippen molar-refractivity contribution in [2.24, 2.45) is 5.92 Å². The molecule has 3 heteroatoms. The van der Waals surface area contributed by atoms with Gasteiger partial charge >= 0.3 is 0 Å². The third-order valence-electron chi connectivity index (χ3n) is 6.67. The Bertz CT molecular complexity index is 563. The average Bonchev–Trinajstić information content (AvgIpc) is 2.79. The van der Waals surface area contributed by atoms with Crippen molar-refractivity contribution in [2.45, 2.75) is 122 Å². The maximum atomic E-state index is 12.2. The highest BCUT2D eigenvalue weighted by molar-refractivity contribution is 5.90. The van der Waals surface area contributed by atoms with Crippen LogP contribution in [0, 0.1) is 5.92 Å². The van der Waals surface area contributed by atoms with Crippen LogP contribution in [0.15, 0.2) is 24.3 Å². The minimum Gasteiger partial charge on any atom is -0.494 e. The van der Waals surface area contributed by atoms with Crippen molar-refractivity contribution in [1.29, 1.82) is 0 Å². The molecule has 1 aliphatic carbocycles. The Labute approximate surface area is 191 Å². The van der Waals surface area contributed by atoms with Crippen LogP contribution < -0.4 is 10.1 Å². The first-order valence-electron chi connectivity index (χ1n) is 13.3. The van der Waals surface area contributed by atoms with Gasteiger partial charge in [0.2, 0.25) is 5.91 Å². The van der Waals surface area contributed by atoms with E-state index < -0.39 is 0 Å². The van der Waals surface area contributed by atoms with Crippen LogP contribution in [0.1, 0.15) is 122 Å². The predicted octanol–water partition coefficient (Wildman–Crippen LogP) is 8.68. The van der Waals surface area contributed by atoms with E-state index in [9.17, 15) is 4.79 Å². The lowest BCUT2D eigenvalue weighted by Crippen LogP contribution is -2.11. The summed E-state index contributed by atoms with van der Waals surface area (Å²) < 4.78 is 5.90. The third kappa shape index (κ3) is 12.8. The number of hydrogen-bond donors (Lipinski definition) is 1. The van der Waals surface area contributed by atoms with Crippen LogP contribution in [0.3, 0.4) is 0 Å². The van der Waals surface area contributed by atoms with E-state index in [1.807, 2.05) is 24.3 Å². The van der Waals surface area contributed by atoms with Gasteiger partial charge in [-0.3, -0.25) is 4.79 Å². The molecule has 2 rings (SSSR count). The number of anilines is 1. The Balaban J connectivity index is 1.45. The largest absolute Gasteiger partial charge is 0.494 e. The van der Waals surface area contributed by atoms with Gasteiger partial charge in [0.1, 0.15) is 5.75 Å². The van der Waals surface area contributed by atoms with Crippen molar-refractivity contribution in [1.82, 2.24) is 0 Å². The van der Waals surface area contributed by atoms with Gasteiger partial charge in [0.15, 0.2) is 0 Å². The molecule has 176 valence electrons. The van der Waals surface area contributed by atoms with Gasteiger partial charge in [-0.05, 0) is 43.0 Å². The maximum Gasteiger partial charge on any atom is 0.224 e. The molecule has 1 aromatic carbocycles. The molecule has 1 N–H and O–H groups in total. The minimum atomic E-state index is 0.127. The average molecular weight is 430 g/mol. The van der Waals surface area contributed by atoms with Crippen LogP contribution in [0.25, 0.3) is 0 Å². The molecule has 0 atom stereocenters. The molecule has 0 spiro atoms. The van der Waals surface area contributed by atoms with Crippen LogP contribution in [0.5, 0.6) is 5.75 Å². The molecule has 1 aromatic rings. The second-order valence-corrected chi connectivity index (χ2v) is 9.50. The highest BCUT2D eigenvalue weighted by atomic mass is 16.5. The zero-order valence-electron chi connectivity index (χ0n) is 20.1. The van der Waals surface area contributed by atoms with E-state index in [-0.39, 0.29) is 5.91 Å². The van der Waals surface area contributed by atoms with Crippen LogP contribution in [-0.2, 0) is 4.79 Å². The first-order chi connectivity index (χ1) is 15.3. The van der Waals surface area contributed by atoms with Gasteiger partial charge in [0, 0.05) is 12.1 Å². The number of hydrogen-bond acceptors (Lipinski definition) is 2. The molecule has 1 saturated carbocycles. The van der Waals surface area contributed by atoms with E-state index in [0.29, 0.717) is 6.42 Å². The number of carbonyl (C=O) groups is 1. The number of nitrogens with one attached hydrogen (secondary N) is 1.